The zero-order chi connectivity index (χ0) is 10.6. The lowest BCUT2D eigenvalue weighted by Gasteiger charge is -2.04. The molecule has 0 aliphatic heterocycles. The third-order valence-electron chi connectivity index (χ3n) is 1.25. The SMILES string of the molecule is N#CCCOCCOCCNC(=O)O. The van der Waals surface area contributed by atoms with Crippen LogP contribution in [0.4, 0.5) is 4.79 Å². The third-order valence-corrected chi connectivity index (χ3v) is 1.25. The molecule has 0 rings (SSSR count). The number of carbonyl (C=O) groups is 1. The van der Waals surface area contributed by atoms with E-state index in [1.54, 1.807) is 0 Å². The monoisotopic (exact) mass is 202 g/mol. The molecule has 0 aromatic heterocycles. The first-order chi connectivity index (χ1) is 6.77. The molecule has 0 saturated heterocycles. The molecule has 14 heavy (non-hydrogen) atoms. The van der Waals surface area contributed by atoms with Gasteiger partial charge >= 0.3 is 6.09 Å². The van der Waals surface area contributed by atoms with E-state index in [-0.39, 0.29) is 6.54 Å². The quantitative estimate of drug-likeness (QED) is 0.548. The molecular weight excluding hydrogens is 188 g/mol. The minimum Gasteiger partial charge on any atom is -0.465 e. The van der Waals surface area contributed by atoms with Crippen LogP contribution in [0.2, 0.25) is 0 Å². The number of hydrogen-bond donors (Lipinski definition) is 2. The molecule has 6 nitrogen and oxygen atoms in total. The molecule has 6 heteroatoms. The second-order valence-electron chi connectivity index (χ2n) is 2.36. The van der Waals surface area contributed by atoms with E-state index >= 15 is 0 Å². The number of nitrogens with zero attached hydrogens (tertiary/aromatic N) is 1. The predicted octanol–water partition coefficient (Wildman–Crippen LogP) is 0.201. The fraction of sp³-hybridized carbons (Fsp3) is 0.750. The molecule has 0 aliphatic rings. The highest BCUT2D eigenvalue weighted by Gasteiger charge is 1.93. The fourth-order valence-corrected chi connectivity index (χ4v) is 0.670. The van der Waals surface area contributed by atoms with Crippen LogP contribution in [0.15, 0.2) is 0 Å². The molecule has 0 aliphatic carbocycles. The lowest BCUT2D eigenvalue weighted by atomic mass is 10.5. The van der Waals surface area contributed by atoms with Crippen molar-refractivity contribution in [1.29, 1.82) is 5.26 Å². The standard InChI is InChI=1S/C8H14N2O4/c9-2-1-4-13-6-7-14-5-3-10-8(11)12/h10H,1,3-7H2,(H,11,12). The highest BCUT2D eigenvalue weighted by atomic mass is 16.5. The summed E-state index contributed by atoms with van der Waals surface area (Å²) in [4.78, 5) is 9.98. The number of ether oxygens (including phenoxy) is 2. The molecule has 0 saturated carbocycles. The van der Waals surface area contributed by atoms with Crippen molar-refractivity contribution in [2.24, 2.45) is 0 Å². The van der Waals surface area contributed by atoms with Crippen molar-refractivity contribution in [1.82, 2.24) is 5.32 Å². The van der Waals surface area contributed by atoms with E-state index in [1.807, 2.05) is 6.07 Å². The summed E-state index contributed by atoms with van der Waals surface area (Å²) in [5.41, 5.74) is 0. The van der Waals surface area contributed by atoms with Crippen molar-refractivity contribution in [2.75, 3.05) is 33.0 Å². The van der Waals surface area contributed by atoms with E-state index in [4.69, 9.17) is 19.8 Å². The Kier molecular flexibility index (Phi) is 8.84. The zero-order valence-corrected chi connectivity index (χ0v) is 7.86. The number of rotatable bonds is 8. The van der Waals surface area contributed by atoms with Crippen LogP contribution in [0.25, 0.3) is 0 Å². The Bertz CT molecular complexity index is 190. The zero-order valence-electron chi connectivity index (χ0n) is 7.86. The van der Waals surface area contributed by atoms with Crippen LogP contribution in [0.1, 0.15) is 6.42 Å². The first kappa shape index (κ1) is 12.7. The Labute approximate surface area is 82.4 Å². The maximum atomic E-state index is 9.98. The fourth-order valence-electron chi connectivity index (χ4n) is 0.670. The van der Waals surface area contributed by atoms with Gasteiger partial charge in [-0.3, -0.25) is 0 Å². The molecule has 2 N–H and O–H groups in total. The van der Waals surface area contributed by atoms with Crippen LogP contribution >= 0.6 is 0 Å². The van der Waals surface area contributed by atoms with E-state index < -0.39 is 6.09 Å². The van der Waals surface area contributed by atoms with Gasteiger partial charge in [-0.15, -0.1) is 0 Å². The van der Waals surface area contributed by atoms with Crippen LogP contribution in [0.3, 0.4) is 0 Å². The maximum Gasteiger partial charge on any atom is 0.404 e. The average Bonchev–Trinajstić information content (AvgIpc) is 2.15. The Morgan fingerprint density at radius 3 is 2.50 bits per heavy atom. The molecule has 0 unspecified atom stereocenters. The van der Waals surface area contributed by atoms with Gasteiger partial charge in [0.15, 0.2) is 0 Å². The van der Waals surface area contributed by atoms with Gasteiger partial charge in [0.1, 0.15) is 0 Å². The smallest absolute Gasteiger partial charge is 0.404 e. The van der Waals surface area contributed by atoms with E-state index in [9.17, 15) is 4.79 Å². The molecule has 0 bridgehead atoms. The van der Waals surface area contributed by atoms with Crippen LogP contribution in [-0.4, -0.2) is 44.2 Å². The summed E-state index contributed by atoms with van der Waals surface area (Å²) in [5, 5.41) is 18.5. The molecule has 0 atom stereocenters. The minimum absolute atomic E-state index is 0.271. The summed E-state index contributed by atoms with van der Waals surface area (Å²) in [7, 11) is 0. The van der Waals surface area contributed by atoms with Gasteiger partial charge in [0, 0.05) is 6.54 Å². The topological polar surface area (TPSA) is 91.6 Å². The summed E-state index contributed by atoms with van der Waals surface area (Å²) >= 11 is 0. The van der Waals surface area contributed by atoms with Gasteiger partial charge in [-0.25, -0.2) is 4.79 Å². The first-order valence-electron chi connectivity index (χ1n) is 4.26. The number of nitrogens with one attached hydrogen (secondary N) is 1. The van der Waals surface area contributed by atoms with Crippen molar-refractivity contribution in [3.63, 3.8) is 0 Å². The lowest BCUT2D eigenvalue weighted by molar-refractivity contribution is 0.0510. The van der Waals surface area contributed by atoms with Gasteiger partial charge in [-0.05, 0) is 0 Å². The number of hydrogen-bond acceptors (Lipinski definition) is 4. The van der Waals surface area contributed by atoms with Gasteiger partial charge in [-0.2, -0.15) is 5.26 Å². The Morgan fingerprint density at radius 2 is 1.93 bits per heavy atom. The molecule has 0 fully saturated rings. The average molecular weight is 202 g/mol. The molecule has 80 valence electrons. The van der Waals surface area contributed by atoms with E-state index in [1.165, 1.54) is 0 Å². The predicted molar refractivity (Wildman–Crippen MR) is 47.9 cm³/mol. The van der Waals surface area contributed by atoms with E-state index in [0.29, 0.717) is 32.8 Å². The molecular formula is C8H14N2O4. The number of nitriles is 1. The van der Waals surface area contributed by atoms with Crippen molar-refractivity contribution in [3.05, 3.63) is 0 Å². The Morgan fingerprint density at radius 1 is 1.29 bits per heavy atom. The molecule has 0 heterocycles. The normalized spacial score (nSPS) is 9.36. The Balaban J connectivity index is 2.93. The summed E-state index contributed by atoms with van der Waals surface area (Å²) in [5.74, 6) is 0. The van der Waals surface area contributed by atoms with E-state index in [2.05, 4.69) is 5.32 Å². The van der Waals surface area contributed by atoms with Gasteiger partial charge in [0.05, 0.1) is 38.9 Å². The highest BCUT2D eigenvalue weighted by molar-refractivity contribution is 5.64. The maximum absolute atomic E-state index is 9.98. The van der Waals surface area contributed by atoms with Crippen molar-refractivity contribution in [2.45, 2.75) is 6.42 Å². The summed E-state index contributed by atoms with van der Waals surface area (Å²) in [6.07, 6.45) is -0.681. The van der Waals surface area contributed by atoms with Crippen LogP contribution in [0.5, 0.6) is 0 Å². The van der Waals surface area contributed by atoms with Crippen molar-refractivity contribution in [3.8, 4) is 6.07 Å². The molecule has 0 radical (unpaired) electrons. The second kappa shape index (κ2) is 9.77. The Hall–Kier alpha value is -1.32. The lowest BCUT2D eigenvalue weighted by Crippen LogP contribution is -2.25. The third kappa shape index (κ3) is 10.7. The summed E-state index contributed by atoms with van der Waals surface area (Å²) in [6.45, 7) is 1.84. The van der Waals surface area contributed by atoms with Crippen molar-refractivity contribution < 1.29 is 19.4 Å². The molecule has 0 aromatic rings. The van der Waals surface area contributed by atoms with Crippen molar-refractivity contribution >= 4 is 6.09 Å². The first-order valence-corrected chi connectivity index (χ1v) is 4.26. The largest absolute Gasteiger partial charge is 0.465 e. The number of amides is 1. The second-order valence-corrected chi connectivity index (χ2v) is 2.36. The molecule has 0 spiro atoms. The summed E-state index contributed by atoms with van der Waals surface area (Å²) in [6, 6.07) is 1.95. The van der Waals surface area contributed by atoms with Gasteiger partial charge in [-0.1, -0.05) is 0 Å². The van der Waals surface area contributed by atoms with Crippen LogP contribution in [-0.2, 0) is 9.47 Å². The number of carboxylic acid groups (broad SMARTS) is 1. The summed E-state index contributed by atoms with van der Waals surface area (Å²) < 4.78 is 10.0. The van der Waals surface area contributed by atoms with Gasteiger partial charge in [0.25, 0.3) is 0 Å². The molecule has 0 aromatic carbocycles. The minimum atomic E-state index is -1.06. The van der Waals surface area contributed by atoms with Crippen LogP contribution < -0.4 is 5.32 Å². The van der Waals surface area contributed by atoms with E-state index in [0.717, 1.165) is 0 Å². The van der Waals surface area contributed by atoms with Gasteiger partial charge in [0.2, 0.25) is 0 Å². The molecule has 1 amide bonds. The highest BCUT2D eigenvalue weighted by Crippen LogP contribution is 1.81. The van der Waals surface area contributed by atoms with Gasteiger partial charge < -0.3 is 19.9 Å². The van der Waals surface area contributed by atoms with Crippen LogP contribution in [0, 0.1) is 11.3 Å².